The highest BCUT2D eigenvalue weighted by molar-refractivity contribution is 5.93. The Kier molecular flexibility index (Phi) is 6.69. The molecule has 0 radical (unpaired) electrons. The number of hydrogen-bond donors (Lipinski definition) is 4. The average molecular weight is 423 g/mol. The number of likely N-dealkylation sites (tertiary alicyclic amines) is 1. The molecule has 0 spiro atoms. The van der Waals surface area contributed by atoms with Crippen molar-refractivity contribution in [2.45, 2.75) is 101 Å². The molecule has 1 aliphatic carbocycles. The van der Waals surface area contributed by atoms with Crippen LogP contribution in [0.1, 0.15) is 71.6 Å². The number of aliphatic carboxylic acids is 1. The molecule has 0 aromatic rings. The van der Waals surface area contributed by atoms with Crippen molar-refractivity contribution >= 4 is 23.7 Å². The van der Waals surface area contributed by atoms with Gasteiger partial charge in [-0.3, -0.25) is 14.4 Å². The molecule has 2 aliphatic heterocycles. The van der Waals surface area contributed by atoms with E-state index in [2.05, 4.69) is 24.5 Å². The first-order valence-electron chi connectivity index (χ1n) is 11.0. The topological polar surface area (TPSA) is 142 Å². The Hall–Kier alpha value is -2.16. The second-order valence-corrected chi connectivity index (χ2v) is 9.63. The minimum Gasteiger partial charge on any atom is -0.480 e. The first kappa shape index (κ1) is 22.5. The fraction of sp³-hybridized carbons (Fsp3) is 0.810. The van der Waals surface area contributed by atoms with E-state index in [1.54, 1.807) is 4.90 Å². The van der Waals surface area contributed by atoms with Crippen LogP contribution >= 0.6 is 0 Å². The van der Waals surface area contributed by atoms with Crippen molar-refractivity contribution in [2.24, 2.45) is 11.7 Å². The molecule has 1 saturated carbocycles. The monoisotopic (exact) mass is 422 g/mol. The lowest BCUT2D eigenvalue weighted by atomic mass is 9.84. The summed E-state index contributed by atoms with van der Waals surface area (Å²) in [7, 11) is 0. The van der Waals surface area contributed by atoms with Gasteiger partial charge >= 0.3 is 5.97 Å². The maximum atomic E-state index is 13.4. The van der Waals surface area contributed by atoms with Crippen LogP contribution in [0, 0.1) is 5.92 Å². The van der Waals surface area contributed by atoms with E-state index in [1.807, 2.05) is 0 Å². The molecule has 0 bridgehead atoms. The van der Waals surface area contributed by atoms with Crippen LogP contribution in [0.5, 0.6) is 0 Å². The molecule has 168 valence electrons. The molecule has 9 nitrogen and oxygen atoms in total. The lowest BCUT2D eigenvalue weighted by molar-refractivity contribution is -0.145. The number of carboxylic acid groups (broad SMARTS) is 1. The molecule has 3 fully saturated rings. The van der Waals surface area contributed by atoms with Gasteiger partial charge in [0.2, 0.25) is 17.7 Å². The van der Waals surface area contributed by atoms with Crippen LogP contribution in [0.3, 0.4) is 0 Å². The predicted octanol–water partition coefficient (Wildman–Crippen LogP) is 0.512. The molecule has 5 N–H and O–H groups in total. The third kappa shape index (κ3) is 4.94. The molecule has 5 atom stereocenters. The first-order valence-corrected chi connectivity index (χ1v) is 11.0. The number of amides is 3. The number of rotatable bonds is 7. The third-order valence-electron chi connectivity index (χ3n) is 6.86. The SMILES string of the molecule is CC1(C)CC[C@H](C(=O)N2[C@H](C(=O)N[C@@H](CCC(N)=O)C(=O)O)C[C@@H]3CCCC[C@@H]32)N1. The largest absolute Gasteiger partial charge is 0.480 e. The van der Waals surface area contributed by atoms with Crippen molar-refractivity contribution < 1.29 is 24.3 Å². The van der Waals surface area contributed by atoms with E-state index < -0.39 is 29.9 Å². The maximum Gasteiger partial charge on any atom is 0.326 e. The van der Waals surface area contributed by atoms with Gasteiger partial charge in [-0.1, -0.05) is 12.8 Å². The molecule has 0 aromatic heterocycles. The number of fused-ring (bicyclic) bond motifs is 1. The van der Waals surface area contributed by atoms with Crippen LogP contribution in [0.2, 0.25) is 0 Å². The number of hydrogen-bond acceptors (Lipinski definition) is 5. The number of primary amides is 1. The van der Waals surface area contributed by atoms with Gasteiger partial charge < -0.3 is 26.4 Å². The summed E-state index contributed by atoms with van der Waals surface area (Å²) in [6.07, 6.45) is 5.94. The van der Waals surface area contributed by atoms with E-state index >= 15 is 0 Å². The fourth-order valence-corrected chi connectivity index (χ4v) is 5.31. The molecule has 3 amide bonds. The molecule has 2 heterocycles. The van der Waals surface area contributed by atoms with E-state index in [0.29, 0.717) is 6.42 Å². The van der Waals surface area contributed by atoms with Crippen molar-refractivity contribution in [3.63, 3.8) is 0 Å². The third-order valence-corrected chi connectivity index (χ3v) is 6.86. The van der Waals surface area contributed by atoms with Crippen LogP contribution in [-0.2, 0) is 19.2 Å². The first-order chi connectivity index (χ1) is 14.1. The number of nitrogens with one attached hydrogen (secondary N) is 2. The smallest absolute Gasteiger partial charge is 0.326 e. The summed E-state index contributed by atoms with van der Waals surface area (Å²) in [6.45, 7) is 4.13. The molecular weight excluding hydrogens is 388 g/mol. The molecular formula is C21H34N4O5. The Bertz CT molecular complexity index is 710. The Morgan fingerprint density at radius 3 is 2.50 bits per heavy atom. The van der Waals surface area contributed by atoms with Crippen molar-refractivity contribution in [3.8, 4) is 0 Å². The lowest BCUT2D eigenvalue weighted by Crippen LogP contribution is -2.57. The second kappa shape index (κ2) is 8.91. The summed E-state index contributed by atoms with van der Waals surface area (Å²) in [5.41, 5.74) is 5.00. The van der Waals surface area contributed by atoms with Gasteiger partial charge in [0, 0.05) is 18.0 Å². The highest BCUT2D eigenvalue weighted by atomic mass is 16.4. The summed E-state index contributed by atoms with van der Waals surface area (Å²) >= 11 is 0. The van der Waals surface area contributed by atoms with Crippen LogP contribution in [0.25, 0.3) is 0 Å². The molecule has 9 heteroatoms. The van der Waals surface area contributed by atoms with Crippen LogP contribution < -0.4 is 16.4 Å². The Balaban J connectivity index is 1.76. The quantitative estimate of drug-likeness (QED) is 0.471. The number of nitrogens with two attached hydrogens (primary N) is 1. The van der Waals surface area contributed by atoms with Crippen molar-refractivity contribution in [1.29, 1.82) is 0 Å². The number of carbonyl (C=O) groups excluding carboxylic acids is 3. The molecule has 30 heavy (non-hydrogen) atoms. The highest BCUT2D eigenvalue weighted by Gasteiger charge is 2.50. The van der Waals surface area contributed by atoms with Gasteiger partial charge in [0.1, 0.15) is 12.1 Å². The molecule has 2 saturated heterocycles. The Labute approximate surface area is 177 Å². The zero-order chi connectivity index (χ0) is 22.1. The summed E-state index contributed by atoms with van der Waals surface area (Å²) in [6, 6.07) is -2.16. The van der Waals surface area contributed by atoms with Crippen molar-refractivity contribution in [1.82, 2.24) is 15.5 Å². The van der Waals surface area contributed by atoms with Gasteiger partial charge in [-0.2, -0.15) is 0 Å². The Morgan fingerprint density at radius 2 is 1.90 bits per heavy atom. The number of carboxylic acids is 1. The van der Waals surface area contributed by atoms with E-state index in [9.17, 15) is 24.3 Å². The Morgan fingerprint density at radius 1 is 1.20 bits per heavy atom. The lowest BCUT2D eigenvalue weighted by Gasteiger charge is -2.36. The molecule has 3 aliphatic rings. The molecule has 0 aromatic carbocycles. The summed E-state index contributed by atoms with van der Waals surface area (Å²) < 4.78 is 0. The highest BCUT2D eigenvalue weighted by Crippen LogP contribution is 2.41. The second-order valence-electron chi connectivity index (χ2n) is 9.63. The van der Waals surface area contributed by atoms with Gasteiger partial charge in [-0.05, 0) is 58.3 Å². The number of nitrogens with zero attached hydrogens (tertiary/aromatic N) is 1. The van der Waals surface area contributed by atoms with Crippen molar-refractivity contribution in [2.75, 3.05) is 0 Å². The maximum absolute atomic E-state index is 13.4. The van der Waals surface area contributed by atoms with Gasteiger partial charge in [-0.15, -0.1) is 0 Å². The fourth-order valence-electron chi connectivity index (χ4n) is 5.31. The number of carbonyl (C=O) groups is 4. The average Bonchev–Trinajstić information content (AvgIpc) is 3.24. The van der Waals surface area contributed by atoms with Crippen molar-refractivity contribution in [3.05, 3.63) is 0 Å². The van der Waals surface area contributed by atoms with Crippen LogP contribution in [-0.4, -0.2) is 63.4 Å². The normalized spacial score (nSPS) is 31.1. The van der Waals surface area contributed by atoms with E-state index in [0.717, 1.165) is 38.5 Å². The summed E-state index contributed by atoms with van der Waals surface area (Å²) in [5, 5.41) is 15.4. The van der Waals surface area contributed by atoms with E-state index in [4.69, 9.17) is 5.73 Å². The van der Waals surface area contributed by atoms with E-state index in [1.165, 1.54) is 0 Å². The van der Waals surface area contributed by atoms with Gasteiger partial charge in [-0.25, -0.2) is 4.79 Å². The zero-order valence-electron chi connectivity index (χ0n) is 17.9. The minimum atomic E-state index is -1.21. The van der Waals surface area contributed by atoms with Gasteiger partial charge in [0.15, 0.2) is 0 Å². The zero-order valence-corrected chi connectivity index (χ0v) is 17.9. The van der Waals surface area contributed by atoms with Crippen LogP contribution in [0.4, 0.5) is 0 Å². The van der Waals surface area contributed by atoms with Gasteiger partial charge in [0.05, 0.1) is 6.04 Å². The standard InChI is InChI=1S/C21H34N4O5/c1-21(2)10-9-13(24-21)19(28)25-15-6-4-3-5-12(15)11-16(25)18(27)23-14(20(29)30)7-8-17(22)26/h12-16,24H,3-11H2,1-2H3,(H2,22,26)(H,23,27)(H,29,30)/t12-,13+,14-,15-,16-/m0/s1. The molecule has 3 rings (SSSR count). The van der Waals surface area contributed by atoms with Crippen LogP contribution in [0.15, 0.2) is 0 Å². The summed E-state index contributed by atoms with van der Waals surface area (Å²) in [5.74, 6) is -2.07. The molecule has 0 unspecified atom stereocenters. The minimum absolute atomic E-state index is 0.0291. The summed E-state index contributed by atoms with van der Waals surface area (Å²) in [4.78, 5) is 50.9. The van der Waals surface area contributed by atoms with E-state index in [-0.39, 0.29) is 42.3 Å². The predicted molar refractivity (Wildman–Crippen MR) is 109 cm³/mol. The van der Waals surface area contributed by atoms with Gasteiger partial charge in [0.25, 0.3) is 0 Å².